The molecule has 3 aromatic rings. The number of allylic oxidation sites excluding steroid dienone is 1. The number of hydrogen-bond acceptors (Lipinski definition) is 4. The number of aliphatic imine (C=N–C) groups is 1. The highest BCUT2D eigenvalue weighted by atomic mass is 16.5. The van der Waals surface area contributed by atoms with Crippen LogP contribution in [0.2, 0.25) is 0 Å². The monoisotopic (exact) mass is 470 g/mol. The van der Waals surface area contributed by atoms with E-state index in [0.717, 1.165) is 16.7 Å². The number of phenolic OH excluding ortho intramolecular Hbond substituents is 2. The van der Waals surface area contributed by atoms with E-state index in [1.165, 1.54) is 0 Å². The summed E-state index contributed by atoms with van der Waals surface area (Å²) in [4.78, 5) is 19.6. The minimum atomic E-state index is -0.498. The topological polar surface area (TPSA) is 82.4 Å². The molecule has 1 atom stereocenters. The number of phenols is 2. The summed E-state index contributed by atoms with van der Waals surface area (Å²) in [5, 5.41) is 20.5. The van der Waals surface area contributed by atoms with Crippen LogP contribution in [-0.4, -0.2) is 34.0 Å². The van der Waals surface area contributed by atoms with Crippen molar-refractivity contribution in [3.05, 3.63) is 102 Å². The highest BCUT2D eigenvalue weighted by Crippen LogP contribution is 2.43. The van der Waals surface area contributed by atoms with E-state index >= 15 is 0 Å². The Morgan fingerprint density at radius 3 is 2.43 bits per heavy atom. The molecule has 1 aliphatic heterocycles. The second kappa shape index (κ2) is 9.66. The van der Waals surface area contributed by atoms with Gasteiger partial charge in [0.05, 0.1) is 18.9 Å². The summed E-state index contributed by atoms with van der Waals surface area (Å²) in [5.74, 6) is 0.754. The van der Waals surface area contributed by atoms with E-state index in [4.69, 9.17) is 4.74 Å². The summed E-state index contributed by atoms with van der Waals surface area (Å²) in [6.45, 7) is 8.25. The molecule has 0 spiro atoms. The summed E-state index contributed by atoms with van der Waals surface area (Å²) in [7, 11) is 1.55. The zero-order valence-corrected chi connectivity index (χ0v) is 20.2. The third kappa shape index (κ3) is 4.92. The van der Waals surface area contributed by atoms with Crippen LogP contribution in [0.25, 0.3) is 0 Å². The predicted octanol–water partition coefficient (Wildman–Crippen LogP) is 6.13. The SMILES string of the molecule is C=CC(C)(C)c1cc(C2CC(c3ccc(O)cc3)=NC(=O)N2Cc2ccccc2)c(OC)cc1O. The first-order valence-electron chi connectivity index (χ1n) is 11.5. The molecule has 0 fully saturated rings. The predicted molar refractivity (Wildman–Crippen MR) is 137 cm³/mol. The Morgan fingerprint density at radius 2 is 1.80 bits per heavy atom. The highest BCUT2D eigenvalue weighted by Gasteiger charge is 2.35. The first kappa shape index (κ1) is 24.1. The molecule has 6 nitrogen and oxygen atoms in total. The zero-order chi connectivity index (χ0) is 25.2. The molecule has 0 radical (unpaired) electrons. The number of rotatable bonds is 7. The summed E-state index contributed by atoms with van der Waals surface area (Å²) < 4.78 is 5.67. The Kier molecular flexibility index (Phi) is 6.65. The maximum atomic E-state index is 13.4. The van der Waals surface area contributed by atoms with Crippen molar-refractivity contribution in [3.63, 3.8) is 0 Å². The Labute approximate surface area is 205 Å². The van der Waals surface area contributed by atoms with Gasteiger partial charge in [0.2, 0.25) is 0 Å². The van der Waals surface area contributed by atoms with Crippen LogP contribution in [0.5, 0.6) is 17.2 Å². The van der Waals surface area contributed by atoms with Crippen LogP contribution in [0.15, 0.2) is 84.4 Å². The van der Waals surface area contributed by atoms with Crippen LogP contribution in [0.3, 0.4) is 0 Å². The largest absolute Gasteiger partial charge is 0.508 e. The molecule has 6 heteroatoms. The van der Waals surface area contributed by atoms with E-state index in [2.05, 4.69) is 11.6 Å². The molecule has 3 aromatic carbocycles. The third-order valence-corrected chi connectivity index (χ3v) is 6.55. The maximum Gasteiger partial charge on any atom is 0.344 e. The normalized spacial score (nSPS) is 16.1. The van der Waals surface area contributed by atoms with Gasteiger partial charge in [-0.1, -0.05) is 50.3 Å². The first-order valence-corrected chi connectivity index (χ1v) is 11.5. The molecular formula is C29H30N2O4. The lowest BCUT2D eigenvalue weighted by molar-refractivity contribution is 0.176. The molecular weight excluding hydrogens is 440 g/mol. The average molecular weight is 471 g/mol. The van der Waals surface area contributed by atoms with Gasteiger partial charge in [-0.15, -0.1) is 6.58 Å². The number of carbonyl (C=O) groups is 1. The van der Waals surface area contributed by atoms with Gasteiger partial charge in [0.25, 0.3) is 0 Å². The molecule has 180 valence electrons. The second-order valence-corrected chi connectivity index (χ2v) is 9.26. The lowest BCUT2D eigenvalue weighted by Gasteiger charge is -2.36. The summed E-state index contributed by atoms with van der Waals surface area (Å²) in [6.07, 6.45) is 2.23. The lowest BCUT2D eigenvalue weighted by Crippen LogP contribution is -2.38. The minimum Gasteiger partial charge on any atom is -0.508 e. The van der Waals surface area contributed by atoms with Crippen LogP contribution < -0.4 is 4.74 Å². The fraction of sp³-hybridized carbons (Fsp3) is 0.241. The Morgan fingerprint density at radius 1 is 1.11 bits per heavy atom. The molecule has 0 aromatic heterocycles. The lowest BCUT2D eigenvalue weighted by atomic mass is 9.81. The molecule has 0 saturated carbocycles. The fourth-order valence-electron chi connectivity index (χ4n) is 4.37. The van der Waals surface area contributed by atoms with Gasteiger partial charge in [0.1, 0.15) is 17.2 Å². The molecule has 0 bridgehead atoms. The molecule has 1 unspecified atom stereocenters. The van der Waals surface area contributed by atoms with E-state index in [-0.39, 0.29) is 23.6 Å². The molecule has 0 saturated heterocycles. The molecule has 1 heterocycles. The summed E-state index contributed by atoms with van der Waals surface area (Å²) in [6, 6.07) is 19.2. The van der Waals surface area contributed by atoms with Crippen LogP contribution in [0.1, 0.15) is 48.6 Å². The zero-order valence-electron chi connectivity index (χ0n) is 20.2. The average Bonchev–Trinajstić information content (AvgIpc) is 2.86. The van der Waals surface area contributed by atoms with Crippen molar-refractivity contribution < 1.29 is 19.7 Å². The van der Waals surface area contributed by atoms with E-state index in [1.54, 1.807) is 48.4 Å². The number of ether oxygens (including phenoxy) is 1. The van der Waals surface area contributed by atoms with Crippen LogP contribution in [-0.2, 0) is 12.0 Å². The Balaban J connectivity index is 1.86. The quantitative estimate of drug-likeness (QED) is 0.407. The molecule has 2 amide bonds. The van der Waals surface area contributed by atoms with Crippen molar-refractivity contribution in [1.82, 2.24) is 4.90 Å². The molecule has 4 rings (SSSR count). The standard InChI is InChI=1S/C29H30N2O4/c1-5-29(2,3)23-15-22(27(35-4)17-26(23)33)25-16-24(20-11-13-21(32)14-12-20)30-28(34)31(25)18-19-9-7-6-8-10-19/h5-15,17,25,32-33H,1,16,18H2,2-4H3. The number of carbonyl (C=O) groups excluding carboxylic acids is 1. The number of nitrogens with zero attached hydrogens (tertiary/aromatic N) is 2. The van der Waals surface area contributed by atoms with Crippen LogP contribution in [0.4, 0.5) is 4.79 Å². The molecule has 0 aliphatic carbocycles. The van der Waals surface area contributed by atoms with Gasteiger partial charge in [-0.3, -0.25) is 0 Å². The maximum absolute atomic E-state index is 13.4. The van der Waals surface area contributed by atoms with Gasteiger partial charge in [-0.2, -0.15) is 4.99 Å². The van der Waals surface area contributed by atoms with Gasteiger partial charge >= 0.3 is 6.03 Å². The van der Waals surface area contributed by atoms with Gasteiger partial charge in [-0.25, -0.2) is 4.79 Å². The smallest absolute Gasteiger partial charge is 0.344 e. The minimum absolute atomic E-state index is 0.111. The third-order valence-electron chi connectivity index (χ3n) is 6.55. The Hall–Kier alpha value is -4.06. The van der Waals surface area contributed by atoms with Gasteiger partial charge in [-0.05, 0) is 41.5 Å². The molecule has 2 N–H and O–H groups in total. The fourth-order valence-corrected chi connectivity index (χ4v) is 4.37. The van der Waals surface area contributed by atoms with Crippen molar-refractivity contribution in [3.8, 4) is 17.2 Å². The van der Waals surface area contributed by atoms with Crippen molar-refractivity contribution in [2.24, 2.45) is 4.99 Å². The Bertz CT molecular complexity index is 1260. The number of aromatic hydroxyl groups is 2. The van der Waals surface area contributed by atoms with Crippen LogP contribution >= 0.6 is 0 Å². The van der Waals surface area contributed by atoms with E-state index in [0.29, 0.717) is 30.0 Å². The van der Waals surface area contributed by atoms with Gasteiger partial charge in [0, 0.05) is 35.6 Å². The number of benzene rings is 3. The molecule has 1 aliphatic rings. The number of hydrogen-bond donors (Lipinski definition) is 2. The first-order chi connectivity index (χ1) is 16.7. The molecule has 35 heavy (non-hydrogen) atoms. The van der Waals surface area contributed by atoms with E-state index in [9.17, 15) is 15.0 Å². The summed E-state index contributed by atoms with van der Waals surface area (Å²) in [5.41, 5.74) is 3.37. The van der Waals surface area contributed by atoms with Gasteiger partial charge < -0.3 is 19.8 Å². The number of urea groups is 1. The van der Waals surface area contributed by atoms with Crippen molar-refractivity contribution in [2.75, 3.05) is 7.11 Å². The van der Waals surface area contributed by atoms with E-state index < -0.39 is 5.41 Å². The van der Waals surface area contributed by atoms with Crippen LogP contribution in [0, 0.1) is 0 Å². The number of amides is 2. The van der Waals surface area contributed by atoms with Crippen molar-refractivity contribution >= 4 is 11.7 Å². The van der Waals surface area contributed by atoms with E-state index in [1.807, 2.05) is 50.2 Å². The van der Waals surface area contributed by atoms with Gasteiger partial charge in [0.15, 0.2) is 0 Å². The van der Waals surface area contributed by atoms with Crippen molar-refractivity contribution in [2.45, 2.75) is 38.3 Å². The van der Waals surface area contributed by atoms with Crippen molar-refractivity contribution in [1.29, 1.82) is 0 Å². The second-order valence-electron chi connectivity index (χ2n) is 9.26. The number of methoxy groups -OCH3 is 1. The highest BCUT2D eigenvalue weighted by molar-refractivity contribution is 6.08. The summed E-state index contributed by atoms with van der Waals surface area (Å²) >= 11 is 0.